The minimum atomic E-state index is -0.807. The molecule has 3 aromatic carbocycles. The van der Waals surface area contributed by atoms with Crippen LogP contribution in [0.4, 0.5) is 0 Å². The molecule has 0 bridgehead atoms. The minimum Gasteiger partial charge on any atom is -0.508 e. The number of phenolic OH excluding ortho intramolecular Hbond substituents is 1. The fourth-order valence-electron chi connectivity index (χ4n) is 5.02. The number of carbonyl (C=O) groups excluding carboxylic acids is 3. The van der Waals surface area contributed by atoms with Crippen molar-refractivity contribution in [3.63, 3.8) is 0 Å². The summed E-state index contributed by atoms with van der Waals surface area (Å²) >= 11 is 0. The number of carbonyl (C=O) groups is 3. The summed E-state index contributed by atoms with van der Waals surface area (Å²) < 4.78 is 5.69. The van der Waals surface area contributed by atoms with Crippen molar-refractivity contribution in [3.05, 3.63) is 90.0 Å². The minimum absolute atomic E-state index is 0.00509. The van der Waals surface area contributed by atoms with Crippen LogP contribution in [0.2, 0.25) is 0 Å². The van der Waals surface area contributed by atoms with Crippen LogP contribution in [0.3, 0.4) is 0 Å². The summed E-state index contributed by atoms with van der Waals surface area (Å²) in [4.78, 5) is 39.1. The van der Waals surface area contributed by atoms with Gasteiger partial charge in [-0.2, -0.15) is 0 Å². The molecule has 1 amide bonds. The number of ketones is 2. The first-order valence-corrected chi connectivity index (χ1v) is 12.2. The smallest absolute Gasteiger partial charge is 0.251 e. The fourth-order valence-corrected chi connectivity index (χ4v) is 5.02. The second-order valence-electron chi connectivity index (χ2n) is 9.31. The third-order valence-electron chi connectivity index (χ3n) is 6.95. The van der Waals surface area contributed by atoms with Crippen LogP contribution in [-0.2, 0) is 20.7 Å². The number of rotatable bonds is 7. The van der Waals surface area contributed by atoms with Crippen LogP contribution in [-0.4, -0.2) is 53.9 Å². The number of hydrogen-bond donors (Lipinski definition) is 3. The molecule has 0 aliphatic carbocycles. The van der Waals surface area contributed by atoms with Crippen molar-refractivity contribution in [1.82, 2.24) is 10.6 Å². The Morgan fingerprint density at radius 1 is 0.972 bits per heavy atom. The van der Waals surface area contributed by atoms with Gasteiger partial charge in [-0.25, -0.2) is 0 Å². The Morgan fingerprint density at radius 3 is 2.39 bits per heavy atom. The number of piperidine rings is 1. The topological polar surface area (TPSA) is 105 Å². The van der Waals surface area contributed by atoms with E-state index in [1.165, 1.54) is 0 Å². The van der Waals surface area contributed by atoms with Crippen LogP contribution in [0.15, 0.2) is 78.9 Å². The molecule has 0 aromatic heterocycles. The van der Waals surface area contributed by atoms with E-state index in [0.717, 1.165) is 16.7 Å². The number of Topliss-reactive ketones (excluding diaryl/α,β-unsaturated/α-hetero) is 2. The third kappa shape index (κ3) is 5.08. The Labute approximate surface area is 209 Å². The van der Waals surface area contributed by atoms with Crippen LogP contribution in [0.1, 0.15) is 22.3 Å². The van der Waals surface area contributed by atoms with E-state index in [4.69, 9.17) is 4.74 Å². The molecule has 3 N–H and O–H groups in total. The molecule has 2 aliphatic heterocycles. The Hall–Kier alpha value is -3.81. The van der Waals surface area contributed by atoms with Crippen molar-refractivity contribution in [3.8, 4) is 16.9 Å². The highest BCUT2D eigenvalue weighted by Crippen LogP contribution is 2.28. The van der Waals surface area contributed by atoms with Gasteiger partial charge in [0, 0.05) is 11.5 Å². The lowest BCUT2D eigenvalue weighted by molar-refractivity contribution is -0.130. The highest BCUT2D eigenvalue weighted by Gasteiger charge is 2.47. The molecule has 36 heavy (non-hydrogen) atoms. The molecule has 184 valence electrons. The summed E-state index contributed by atoms with van der Waals surface area (Å²) in [5, 5.41) is 15.7. The van der Waals surface area contributed by atoms with Crippen molar-refractivity contribution < 1.29 is 24.2 Å². The Kier molecular flexibility index (Phi) is 6.93. The number of hydrogen-bond acceptors (Lipinski definition) is 6. The van der Waals surface area contributed by atoms with Gasteiger partial charge in [0.25, 0.3) is 5.91 Å². The summed E-state index contributed by atoms with van der Waals surface area (Å²) in [5.74, 6) is -0.909. The predicted octanol–water partition coefficient (Wildman–Crippen LogP) is 2.92. The number of nitrogens with one attached hydrogen (secondary N) is 2. The summed E-state index contributed by atoms with van der Waals surface area (Å²) in [7, 11) is 0. The maximum absolute atomic E-state index is 13.7. The summed E-state index contributed by atoms with van der Waals surface area (Å²) in [6, 6.07) is 22.4. The van der Waals surface area contributed by atoms with E-state index >= 15 is 0 Å². The molecular formula is C29H28N2O5. The van der Waals surface area contributed by atoms with Crippen molar-refractivity contribution in [2.24, 2.45) is 5.92 Å². The molecule has 4 atom stereocenters. The van der Waals surface area contributed by atoms with Crippen molar-refractivity contribution in [2.75, 3.05) is 13.2 Å². The lowest BCUT2D eigenvalue weighted by Gasteiger charge is -2.34. The van der Waals surface area contributed by atoms with Gasteiger partial charge in [-0.05, 0) is 60.3 Å². The monoisotopic (exact) mass is 484 g/mol. The van der Waals surface area contributed by atoms with Gasteiger partial charge in [-0.15, -0.1) is 0 Å². The van der Waals surface area contributed by atoms with E-state index < -0.39 is 24.1 Å². The van der Waals surface area contributed by atoms with Gasteiger partial charge in [0.15, 0.2) is 11.6 Å². The summed E-state index contributed by atoms with van der Waals surface area (Å²) in [5.41, 5.74) is 3.30. The quantitative estimate of drug-likeness (QED) is 0.476. The Bertz CT molecular complexity index is 1240. The molecule has 7 nitrogen and oxygen atoms in total. The maximum Gasteiger partial charge on any atom is 0.251 e. The lowest BCUT2D eigenvalue weighted by Crippen LogP contribution is -2.56. The average Bonchev–Trinajstić information content (AvgIpc) is 3.30. The van der Waals surface area contributed by atoms with Gasteiger partial charge in [0.05, 0.1) is 18.2 Å². The molecule has 5 rings (SSSR count). The first-order chi connectivity index (χ1) is 17.5. The summed E-state index contributed by atoms with van der Waals surface area (Å²) in [6.45, 7) is 0.530. The molecular weight excluding hydrogens is 456 g/mol. The zero-order valence-corrected chi connectivity index (χ0v) is 19.7. The third-order valence-corrected chi connectivity index (χ3v) is 6.95. The second kappa shape index (κ2) is 10.4. The van der Waals surface area contributed by atoms with Gasteiger partial charge in [0.1, 0.15) is 12.4 Å². The highest BCUT2D eigenvalue weighted by molar-refractivity contribution is 5.99. The molecule has 2 heterocycles. The van der Waals surface area contributed by atoms with Crippen molar-refractivity contribution >= 4 is 17.5 Å². The van der Waals surface area contributed by atoms with E-state index in [1.54, 1.807) is 36.4 Å². The molecule has 2 saturated heterocycles. The normalized spacial score (nSPS) is 22.0. The molecule has 3 aromatic rings. The van der Waals surface area contributed by atoms with E-state index in [1.807, 2.05) is 42.5 Å². The number of fused-ring (bicyclic) bond motifs is 1. The van der Waals surface area contributed by atoms with Crippen LogP contribution >= 0.6 is 0 Å². The zero-order chi connectivity index (χ0) is 25.1. The van der Waals surface area contributed by atoms with E-state index in [2.05, 4.69) is 10.6 Å². The Morgan fingerprint density at radius 2 is 1.67 bits per heavy atom. The molecule has 2 fully saturated rings. The maximum atomic E-state index is 13.7. The van der Waals surface area contributed by atoms with Crippen molar-refractivity contribution in [2.45, 2.75) is 31.0 Å². The van der Waals surface area contributed by atoms with Gasteiger partial charge in [-0.1, -0.05) is 54.6 Å². The van der Waals surface area contributed by atoms with Crippen LogP contribution in [0, 0.1) is 5.92 Å². The predicted molar refractivity (Wildman–Crippen MR) is 135 cm³/mol. The molecule has 3 unspecified atom stereocenters. The molecule has 0 saturated carbocycles. The van der Waals surface area contributed by atoms with E-state index in [-0.39, 0.29) is 36.3 Å². The van der Waals surface area contributed by atoms with Gasteiger partial charge in [-0.3, -0.25) is 14.4 Å². The molecule has 0 radical (unpaired) electrons. The first-order valence-electron chi connectivity index (χ1n) is 12.2. The number of benzene rings is 3. The molecule has 0 spiro atoms. The molecule has 2 aliphatic rings. The van der Waals surface area contributed by atoms with Crippen LogP contribution in [0.5, 0.6) is 5.75 Å². The number of aromatic hydroxyl groups is 1. The average molecular weight is 485 g/mol. The fraction of sp³-hybridized carbons (Fsp3) is 0.276. The van der Waals surface area contributed by atoms with Crippen LogP contribution in [0.25, 0.3) is 11.1 Å². The van der Waals surface area contributed by atoms with Gasteiger partial charge >= 0.3 is 0 Å². The Balaban J connectivity index is 1.36. The van der Waals surface area contributed by atoms with Gasteiger partial charge in [0.2, 0.25) is 0 Å². The second-order valence-corrected chi connectivity index (χ2v) is 9.31. The summed E-state index contributed by atoms with van der Waals surface area (Å²) in [6.07, 6.45) is 0.270. The number of phenols is 1. The largest absolute Gasteiger partial charge is 0.508 e. The lowest BCUT2D eigenvalue weighted by atomic mass is 9.82. The van der Waals surface area contributed by atoms with Crippen LogP contribution < -0.4 is 10.6 Å². The SMILES string of the molecule is O=C(N[C@@H](Cc1ccc(O)cc1)C(=O)C1CCNC2C(=O)COC12)c1ccc(-c2ccccc2)cc1. The highest BCUT2D eigenvalue weighted by atomic mass is 16.5. The standard InChI is InChI=1S/C29H28N2O5/c32-22-12-6-18(7-13-22)16-24(27(34)23-14-15-30-26-25(33)17-36-28(23)26)31-29(35)21-10-8-20(9-11-21)19-4-2-1-3-5-19/h1-13,23-24,26,28,30,32H,14-17H2,(H,31,35)/t23?,24-,26?,28?/m0/s1. The van der Waals surface area contributed by atoms with Gasteiger partial charge < -0.3 is 20.5 Å². The zero-order valence-electron chi connectivity index (χ0n) is 19.7. The number of amides is 1. The first kappa shape index (κ1) is 23.9. The molecule has 7 heteroatoms. The van der Waals surface area contributed by atoms with Crippen molar-refractivity contribution in [1.29, 1.82) is 0 Å². The number of ether oxygens (including phenoxy) is 1. The van der Waals surface area contributed by atoms with E-state index in [0.29, 0.717) is 18.5 Å². The van der Waals surface area contributed by atoms with E-state index in [9.17, 15) is 19.5 Å².